The third-order valence-corrected chi connectivity index (χ3v) is 5.68. The molecule has 4 rings (SSSR count). The minimum absolute atomic E-state index is 0.0398. The Morgan fingerprint density at radius 1 is 1.22 bits per heavy atom. The molecule has 1 N–H and O–H groups in total. The molecule has 2 heterocycles. The summed E-state index contributed by atoms with van der Waals surface area (Å²) in [6.07, 6.45) is 5.09. The first-order valence-corrected chi connectivity index (χ1v) is 9.83. The average molecular weight is 386 g/mol. The van der Waals surface area contributed by atoms with Crippen molar-refractivity contribution in [2.75, 3.05) is 38.2 Å². The second-order valence-corrected chi connectivity index (χ2v) is 7.88. The van der Waals surface area contributed by atoms with Crippen molar-refractivity contribution in [3.63, 3.8) is 0 Å². The molecule has 1 aromatic carbocycles. The summed E-state index contributed by atoms with van der Waals surface area (Å²) in [6.45, 7) is 3.22. The monoisotopic (exact) mass is 385 g/mol. The Labute approximate surface area is 164 Å². The predicted octanol–water partition coefficient (Wildman–Crippen LogP) is 3.64. The number of amides is 1. The second-order valence-electron chi connectivity index (χ2n) is 7.47. The highest BCUT2D eigenvalue weighted by molar-refractivity contribution is 6.33. The van der Waals surface area contributed by atoms with Gasteiger partial charge in [0.1, 0.15) is 5.82 Å². The maximum Gasteiger partial charge on any atom is 0.255 e. The van der Waals surface area contributed by atoms with Crippen LogP contribution < -0.4 is 5.32 Å². The lowest BCUT2D eigenvalue weighted by molar-refractivity contribution is 0.0302. The van der Waals surface area contributed by atoms with E-state index >= 15 is 0 Å². The van der Waals surface area contributed by atoms with Crippen molar-refractivity contribution in [1.29, 1.82) is 0 Å². The molecule has 2 fully saturated rings. The van der Waals surface area contributed by atoms with Gasteiger partial charge in [-0.05, 0) is 36.3 Å². The molecule has 1 aliphatic carbocycles. The molecular weight excluding hydrogens is 362 g/mol. The lowest BCUT2D eigenvalue weighted by atomic mass is 9.96. The second kappa shape index (κ2) is 7.87. The highest BCUT2D eigenvalue weighted by atomic mass is 35.5. The smallest absolute Gasteiger partial charge is 0.255 e. The van der Waals surface area contributed by atoms with Gasteiger partial charge in [-0.1, -0.05) is 41.9 Å². The van der Waals surface area contributed by atoms with Crippen LogP contribution in [0.5, 0.6) is 0 Å². The number of nitrogens with one attached hydrogen (secondary N) is 1. The van der Waals surface area contributed by atoms with E-state index in [1.54, 1.807) is 17.2 Å². The lowest BCUT2D eigenvalue weighted by Gasteiger charge is -2.26. The van der Waals surface area contributed by atoms with Gasteiger partial charge >= 0.3 is 0 Å². The maximum atomic E-state index is 12.5. The normalized spacial score (nSPS) is 18.2. The van der Waals surface area contributed by atoms with Crippen LogP contribution in [0.25, 0.3) is 0 Å². The molecule has 1 amide bonds. The number of aromatic nitrogens is 1. The zero-order chi connectivity index (χ0) is 18.7. The third kappa shape index (κ3) is 4.42. The van der Waals surface area contributed by atoms with Gasteiger partial charge in [-0.3, -0.25) is 4.79 Å². The summed E-state index contributed by atoms with van der Waals surface area (Å²) in [5.41, 5.74) is 2.18. The van der Waals surface area contributed by atoms with Crippen LogP contribution in [0.4, 0.5) is 5.82 Å². The first kappa shape index (κ1) is 18.3. The number of ether oxygens (including phenoxy) is 1. The molecule has 0 radical (unpaired) electrons. The Morgan fingerprint density at radius 3 is 2.63 bits per heavy atom. The number of carbonyl (C=O) groups is 1. The van der Waals surface area contributed by atoms with Gasteiger partial charge in [0.15, 0.2) is 0 Å². The number of hydrogen-bond donors (Lipinski definition) is 1. The number of benzene rings is 1. The van der Waals surface area contributed by atoms with Crippen molar-refractivity contribution in [2.45, 2.75) is 19.3 Å². The Morgan fingerprint density at radius 2 is 1.96 bits per heavy atom. The summed E-state index contributed by atoms with van der Waals surface area (Å²) < 4.78 is 5.30. The van der Waals surface area contributed by atoms with E-state index in [0.717, 1.165) is 13.0 Å². The molecule has 6 heteroatoms. The van der Waals surface area contributed by atoms with E-state index in [9.17, 15) is 4.79 Å². The fraction of sp³-hybridized carbons (Fsp3) is 0.429. The topological polar surface area (TPSA) is 54.5 Å². The summed E-state index contributed by atoms with van der Waals surface area (Å²) in [6, 6.07) is 12.3. The molecule has 0 atom stereocenters. The van der Waals surface area contributed by atoms with Gasteiger partial charge in [0.2, 0.25) is 0 Å². The molecule has 1 saturated heterocycles. The van der Waals surface area contributed by atoms with Gasteiger partial charge in [0, 0.05) is 25.8 Å². The Bertz CT molecular complexity index is 802. The molecule has 0 unspecified atom stereocenters. The molecule has 1 aliphatic heterocycles. The molecule has 142 valence electrons. The number of carbonyl (C=O) groups excluding carboxylic acids is 1. The van der Waals surface area contributed by atoms with Gasteiger partial charge < -0.3 is 15.0 Å². The number of rotatable bonds is 6. The van der Waals surface area contributed by atoms with E-state index in [4.69, 9.17) is 16.3 Å². The van der Waals surface area contributed by atoms with Crippen molar-refractivity contribution >= 4 is 23.3 Å². The van der Waals surface area contributed by atoms with Gasteiger partial charge in [-0.2, -0.15) is 0 Å². The van der Waals surface area contributed by atoms with E-state index in [2.05, 4.69) is 34.6 Å². The van der Waals surface area contributed by atoms with Gasteiger partial charge in [-0.15, -0.1) is 0 Å². The van der Waals surface area contributed by atoms with E-state index in [1.165, 1.54) is 18.4 Å². The number of nitrogens with zero attached hydrogens (tertiary/aromatic N) is 2. The summed E-state index contributed by atoms with van der Waals surface area (Å²) in [5, 5.41) is 3.88. The molecule has 27 heavy (non-hydrogen) atoms. The van der Waals surface area contributed by atoms with E-state index in [1.807, 2.05) is 6.07 Å². The zero-order valence-electron chi connectivity index (χ0n) is 15.3. The SMILES string of the molecule is O=C(c1cnc(NCC2(Cc3ccccc3)CC2)c(Cl)c1)N1CCOCC1. The average Bonchev–Trinajstić information content (AvgIpc) is 3.47. The minimum Gasteiger partial charge on any atom is -0.378 e. The minimum atomic E-state index is -0.0398. The Kier molecular flexibility index (Phi) is 5.32. The number of anilines is 1. The molecule has 0 spiro atoms. The van der Waals surface area contributed by atoms with Gasteiger partial charge in [-0.25, -0.2) is 4.98 Å². The zero-order valence-corrected chi connectivity index (χ0v) is 16.0. The summed E-state index contributed by atoms with van der Waals surface area (Å²) >= 11 is 6.40. The van der Waals surface area contributed by atoms with Crippen LogP contribution in [0.3, 0.4) is 0 Å². The van der Waals surface area contributed by atoms with Crippen LogP contribution >= 0.6 is 11.6 Å². The fourth-order valence-corrected chi connectivity index (χ4v) is 3.76. The van der Waals surface area contributed by atoms with Crippen LogP contribution in [0, 0.1) is 5.41 Å². The van der Waals surface area contributed by atoms with Crippen LogP contribution in [0.15, 0.2) is 42.6 Å². The number of hydrogen-bond acceptors (Lipinski definition) is 4. The number of pyridine rings is 1. The molecule has 0 bridgehead atoms. The summed E-state index contributed by atoms with van der Waals surface area (Å²) in [5.74, 6) is 0.608. The maximum absolute atomic E-state index is 12.5. The molecule has 2 aromatic rings. The number of morpholine rings is 1. The quantitative estimate of drug-likeness (QED) is 0.824. The van der Waals surface area contributed by atoms with Crippen molar-refractivity contribution in [2.24, 2.45) is 5.41 Å². The van der Waals surface area contributed by atoms with E-state index in [0.29, 0.717) is 42.7 Å². The fourth-order valence-electron chi connectivity index (χ4n) is 3.53. The first-order valence-electron chi connectivity index (χ1n) is 9.46. The lowest BCUT2D eigenvalue weighted by Crippen LogP contribution is -2.40. The van der Waals surface area contributed by atoms with Crippen molar-refractivity contribution in [3.05, 3.63) is 58.7 Å². The predicted molar refractivity (Wildman–Crippen MR) is 106 cm³/mol. The molecule has 1 saturated carbocycles. The Hall–Kier alpha value is -2.11. The molecule has 5 nitrogen and oxygen atoms in total. The molecule has 1 aromatic heterocycles. The van der Waals surface area contributed by atoms with Crippen molar-refractivity contribution in [3.8, 4) is 0 Å². The summed E-state index contributed by atoms with van der Waals surface area (Å²) in [4.78, 5) is 18.7. The Balaban J connectivity index is 1.37. The third-order valence-electron chi connectivity index (χ3n) is 5.40. The van der Waals surface area contributed by atoms with Crippen LogP contribution in [0.2, 0.25) is 5.02 Å². The van der Waals surface area contributed by atoms with Crippen LogP contribution in [-0.4, -0.2) is 48.6 Å². The molecule has 2 aliphatic rings. The summed E-state index contributed by atoms with van der Waals surface area (Å²) in [7, 11) is 0. The van der Waals surface area contributed by atoms with E-state index < -0.39 is 0 Å². The highest BCUT2D eigenvalue weighted by Gasteiger charge is 2.42. The van der Waals surface area contributed by atoms with E-state index in [-0.39, 0.29) is 11.3 Å². The van der Waals surface area contributed by atoms with Crippen molar-refractivity contribution in [1.82, 2.24) is 9.88 Å². The standard InChI is InChI=1S/C21H24ClN3O2/c22-18-12-17(20(26)25-8-10-27-11-9-25)14-23-19(18)24-15-21(6-7-21)13-16-4-2-1-3-5-16/h1-5,12,14H,6-11,13,15H2,(H,23,24). The van der Waals surface area contributed by atoms with Gasteiger partial charge in [0.25, 0.3) is 5.91 Å². The molecular formula is C21H24ClN3O2. The van der Waals surface area contributed by atoms with Crippen LogP contribution in [-0.2, 0) is 11.2 Å². The van der Waals surface area contributed by atoms with Gasteiger partial charge in [0.05, 0.1) is 23.8 Å². The first-order chi connectivity index (χ1) is 13.2. The van der Waals surface area contributed by atoms with Crippen LogP contribution in [0.1, 0.15) is 28.8 Å². The largest absolute Gasteiger partial charge is 0.378 e. The highest BCUT2D eigenvalue weighted by Crippen LogP contribution is 2.48. The van der Waals surface area contributed by atoms with Crippen molar-refractivity contribution < 1.29 is 9.53 Å². The number of halogens is 1.